The Kier molecular flexibility index (Phi) is 4.86. The maximum Gasteiger partial charge on any atom is 0.253 e. The highest BCUT2D eigenvalue weighted by Crippen LogP contribution is 2.30. The minimum absolute atomic E-state index is 0.0622. The summed E-state index contributed by atoms with van der Waals surface area (Å²) in [5.74, 6) is 0.150. The van der Waals surface area contributed by atoms with Crippen LogP contribution in [0.4, 0.5) is 5.69 Å². The van der Waals surface area contributed by atoms with Crippen LogP contribution >= 0.6 is 11.6 Å². The molecule has 1 N–H and O–H groups in total. The summed E-state index contributed by atoms with van der Waals surface area (Å²) in [6, 6.07) is 14.5. The van der Waals surface area contributed by atoms with Gasteiger partial charge in [-0.3, -0.25) is 9.59 Å². The highest BCUT2D eigenvalue weighted by molar-refractivity contribution is 6.30. The third-order valence-electron chi connectivity index (χ3n) is 4.00. The Hall–Kier alpha value is -2.33. The average molecular weight is 343 g/mol. The Morgan fingerprint density at radius 1 is 1.17 bits per heavy atom. The summed E-state index contributed by atoms with van der Waals surface area (Å²) in [5.41, 5.74) is 2.29. The number of halogens is 1. The van der Waals surface area contributed by atoms with Gasteiger partial charge in [0.05, 0.1) is 0 Å². The second-order valence-electron chi connectivity index (χ2n) is 6.13. The standard InChI is InChI=1S/C19H19ClN2O2/c1-22(12-13-3-2-4-16(20)11-13)19(24)15-7-9-17(10-8-15)21-18(23)14-5-6-14/h2-4,7-11,14H,5-6,12H2,1H3,(H,21,23). The molecule has 0 aromatic heterocycles. The molecule has 0 heterocycles. The summed E-state index contributed by atoms with van der Waals surface area (Å²) in [6.07, 6.45) is 1.94. The lowest BCUT2D eigenvalue weighted by Gasteiger charge is -2.17. The molecule has 1 fully saturated rings. The first-order chi connectivity index (χ1) is 11.5. The predicted molar refractivity (Wildman–Crippen MR) is 95.0 cm³/mol. The molecule has 2 aromatic rings. The average Bonchev–Trinajstić information content (AvgIpc) is 3.40. The number of carbonyl (C=O) groups is 2. The fraction of sp³-hybridized carbons (Fsp3) is 0.263. The largest absolute Gasteiger partial charge is 0.337 e. The number of nitrogens with one attached hydrogen (secondary N) is 1. The molecule has 0 aliphatic heterocycles. The van der Waals surface area contributed by atoms with E-state index in [2.05, 4.69) is 5.32 Å². The topological polar surface area (TPSA) is 49.4 Å². The van der Waals surface area contributed by atoms with E-state index in [-0.39, 0.29) is 17.7 Å². The fourth-order valence-corrected chi connectivity index (χ4v) is 2.70. The van der Waals surface area contributed by atoms with Crippen LogP contribution in [0.15, 0.2) is 48.5 Å². The van der Waals surface area contributed by atoms with Gasteiger partial charge in [-0.15, -0.1) is 0 Å². The van der Waals surface area contributed by atoms with Gasteiger partial charge in [0.2, 0.25) is 5.91 Å². The van der Waals surface area contributed by atoms with Crippen LogP contribution in [0.5, 0.6) is 0 Å². The Labute approximate surface area is 146 Å². The molecule has 0 saturated heterocycles. The van der Waals surface area contributed by atoms with E-state index in [1.165, 1.54) is 0 Å². The van der Waals surface area contributed by atoms with Gasteiger partial charge < -0.3 is 10.2 Å². The van der Waals surface area contributed by atoms with E-state index in [0.717, 1.165) is 24.1 Å². The van der Waals surface area contributed by atoms with Gasteiger partial charge in [-0.05, 0) is 54.8 Å². The van der Waals surface area contributed by atoms with Crippen LogP contribution in [0.3, 0.4) is 0 Å². The molecule has 3 rings (SSSR count). The molecule has 24 heavy (non-hydrogen) atoms. The molecule has 4 nitrogen and oxygen atoms in total. The van der Waals surface area contributed by atoms with E-state index < -0.39 is 0 Å². The number of hydrogen-bond donors (Lipinski definition) is 1. The molecule has 0 unspecified atom stereocenters. The van der Waals surface area contributed by atoms with Gasteiger partial charge in [0.15, 0.2) is 0 Å². The molecule has 5 heteroatoms. The Morgan fingerprint density at radius 2 is 1.88 bits per heavy atom. The van der Waals surface area contributed by atoms with Gasteiger partial charge in [0, 0.05) is 35.8 Å². The van der Waals surface area contributed by atoms with Gasteiger partial charge in [-0.2, -0.15) is 0 Å². The van der Waals surface area contributed by atoms with E-state index in [9.17, 15) is 9.59 Å². The highest BCUT2D eigenvalue weighted by Gasteiger charge is 2.29. The van der Waals surface area contributed by atoms with Crippen molar-refractivity contribution < 1.29 is 9.59 Å². The lowest BCUT2D eigenvalue weighted by Crippen LogP contribution is -2.26. The number of nitrogens with zero attached hydrogens (tertiary/aromatic N) is 1. The van der Waals surface area contributed by atoms with E-state index >= 15 is 0 Å². The van der Waals surface area contributed by atoms with Gasteiger partial charge in [-0.1, -0.05) is 23.7 Å². The highest BCUT2D eigenvalue weighted by atomic mass is 35.5. The minimum Gasteiger partial charge on any atom is -0.337 e. The number of carbonyl (C=O) groups excluding carboxylic acids is 2. The zero-order valence-electron chi connectivity index (χ0n) is 13.5. The minimum atomic E-state index is -0.0740. The number of amides is 2. The van der Waals surface area contributed by atoms with Gasteiger partial charge in [-0.25, -0.2) is 0 Å². The SMILES string of the molecule is CN(Cc1cccc(Cl)c1)C(=O)c1ccc(NC(=O)C2CC2)cc1. The first-order valence-corrected chi connectivity index (χ1v) is 8.31. The first-order valence-electron chi connectivity index (χ1n) is 7.94. The Bertz CT molecular complexity index is 754. The molecule has 0 bridgehead atoms. The molecule has 124 valence electrons. The van der Waals surface area contributed by atoms with Gasteiger partial charge >= 0.3 is 0 Å². The van der Waals surface area contributed by atoms with E-state index in [0.29, 0.717) is 17.1 Å². The summed E-state index contributed by atoms with van der Waals surface area (Å²) < 4.78 is 0. The van der Waals surface area contributed by atoms with Crippen LogP contribution in [-0.2, 0) is 11.3 Å². The van der Waals surface area contributed by atoms with E-state index in [4.69, 9.17) is 11.6 Å². The summed E-state index contributed by atoms with van der Waals surface area (Å²) in [5, 5.41) is 3.52. The van der Waals surface area contributed by atoms with Crippen molar-refractivity contribution >= 4 is 29.1 Å². The number of anilines is 1. The van der Waals surface area contributed by atoms with Crippen LogP contribution in [-0.4, -0.2) is 23.8 Å². The van der Waals surface area contributed by atoms with Crippen LogP contribution < -0.4 is 5.32 Å². The normalized spacial score (nSPS) is 13.4. The molecule has 1 saturated carbocycles. The zero-order chi connectivity index (χ0) is 17.1. The predicted octanol–water partition coefficient (Wildman–Crippen LogP) is 3.96. The third-order valence-corrected chi connectivity index (χ3v) is 4.24. The number of rotatable bonds is 5. The van der Waals surface area contributed by atoms with Crippen molar-refractivity contribution in [2.75, 3.05) is 12.4 Å². The van der Waals surface area contributed by atoms with E-state index in [1.54, 1.807) is 36.2 Å². The first kappa shape index (κ1) is 16.5. The van der Waals surface area contributed by atoms with Crippen molar-refractivity contribution in [2.45, 2.75) is 19.4 Å². The van der Waals surface area contributed by atoms with Crippen LogP contribution in [0.2, 0.25) is 5.02 Å². The molecule has 0 spiro atoms. The lowest BCUT2D eigenvalue weighted by atomic mass is 10.1. The van der Waals surface area contributed by atoms with Crippen LogP contribution in [0.1, 0.15) is 28.8 Å². The molecule has 0 radical (unpaired) electrons. The van der Waals surface area contributed by atoms with Crippen molar-refractivity contribution in [2.24, 2.45) is 5.92 Å². The van der Waals surface area contributed by atoms with E-state index in [1.807, 2.05) is 24.3 Å². The van der Waals surface area contributed by atoms with Gasteiger partial charge in [0.25, 0.3) is 5.91 Å². The second kappa shape index (κ2) is 7.05. The van der Waals surface area contributed by atoms with Crippen molar-refractivity contribution in [3.63, 3.8) is 0 Å². The molecular formula is C19H19ClN2O2. The van der Waals surface area contributed by atoms with Crippen molar-refractivity contribution in [3.05, 3.63) is 64.7 Å². The fourth-order valence-electron chi connectivity index (χ4n) is 2.49. The third kappa shape index (κ3) is 4.15. The van der Waals surface area contributed by atoms with Crippen LogP contribution in [0.25, 0.3) is 0 Å². The molecular weight excluding hydrogens is 324 g/mol. The number of benzene rings is 2. The molecule has 0 atom stereocenters. The zero-order valence-corrected chi connectivity index (χ0v) is 14.2. The van der Waals surface area contributed by atoms with Crippen LogP contribution in [0, 0.1) is 5.92 Å². The Balaban J connectivity index is 1.62. The maximum absolute atomic E-state index is 12.5. The Morgan fingerprint density at radius 3 is 2.50 bits per heavy atom. The molecule has 2 amide bonds. The van der Waals surface area contributed by atoms with Crippen molar-refractivity contribution in [1.29, 1.82) is 0 Å². The molecule has 1 aliphatic rings. The summed E-state index contributed by atoms with van der Waals surface area (Å²) in [7, 11) is 1.76. The summed E-state index contributed by atoms with van der Waals surface area (Å²) in [4.78, 5) is 25.9. The second-order valence-corrected chi connectivity index (χ2v) is 6.57. The monoisotopic (exact) mass is 342 g/mol. The van der Waals surface area contributed by atoms with Gasteiger partial charge in [0.1, 0.15) is 0 Å². The molecule has 2 aromatic carbocycles. The lowest BCUT2D eigenvalue weighted by molar-refractivity contribution is -0.117. The van der Waals surface area contributed by atoms with Crippen molar-refractivity contribution in [1.82, 2.24) is 4.90 Å². The van der Waals surface area contributed by atoms with Crippen molar-refractivity contribution in [3.8, 4) is 0 Å². The summed E-state index contributed by atoms with van der Waals surface area (Å²) >= 11 is 5.97. The number of hydrogen-bond acceptors (Lipinski definition) is 2. The maximum atomic E-state index is 12.5. The molecule has 1 aliphatic carbocycles. The summed E-state index contributed by atoms with van der Waals surface area (Å²) in [6.45, 7) is 0.486. The quantitative estimate of drug-likeness (QED) is 0.894. The smallest absolute Gasteiger partial charge is 0.253 e.